The first-order chi connectivity index (χ1) is 14.6. The van der Waals surface area contributed by atoms with Gasteiger partial charge >= 0.3 is 6.09 Å². The molecule has 8 nitrogen and oxygen atoms in total. The maximum absolute atomic E-state index is 12.2. The number of pyridine rings is 1. The minimum atomic E-state index is -0.179. The number of rotatable bonds is 7. The van der Waals surface area contributed by atoms with Crippen LogP contribution in [0.25, 0.3) is 5.69 Å². The van der Waals surface area contributed by atoms with E-state index in [4.69, 9.17) is 9.47 Å². The van der Waals surface area contributed by atoms with Gasteiger partial charge in [0.1, 0.15) is 18.3 Å². The number of likely N-dealkylation sites (tertiary alicyclic amines) is 1. The van der Waals surface area contributed by atoms with Crippen LogP contribution >= 0.6 is 0 Å². The van der Waals surface area contributed by atoms with E-state index in [9.17, 15) is 4.79 Å². The molecule has 1 amide bonds. The van der Waals surface area contributed by atoms with Gasteiger partial charge in [-0.15, -0.1) is 0 Å². The highest BCUT2D eigenvalue weighted by Gasteiger charge is 2.45. The molecule has 0 spiro atoms. The summed E-state index contributed by atoms with van der Waals surface area (Å²) in [4.78, 5) is 22.4. The zero-order chi connectivity index (χ0) is 20.6. The topological polar surface area (TPSA) is 82.4 Å². The Morgan fingerprint density at radius 2 is 2.10 bits per heavy atom. The van der Waals surface area contributed by atoms with Crippen molar-refractivity contribution in [3.63, 3.8) is 0 Å². The Morgan fingerprint density at radius 3 is 2.77 bits per heavy atom. The number of piperidine rings is 1. The van der Waals surface area contributed by atoms with Crippen molar-refractivity contribution in [2.75, 3.05) is 19.7 Å². The van der Waals surface area contributed by atoms with Gasteiger partial charge in [0.05, 0.1) is 18.5 Å². The average Bonchev–Trinajstić information content (AvgIpc) is 3.63. The van der Waals surface area contributed by atoms with Gasteiger partial charge in [0.15, 0.2) is 0 Å². The van der Waals surface area contributed by atoms with Crippen LogP contribution in [0.3, 0.4) is 0 Å². The van der Waals surface area contributed by atoms with Crippen LogP contribution < -0.4 is 4.74 Å². The van der Waals surface area contributed by atoms with Crippen molar-refractivity contribution in [1.82, 2.24) is 24.6 Å². The van der Waals surface area contributed by atoms with Gasteiger partial charge in [0, 0.05) is 19.2 Å². The molecular formula is C22H29N5O3. The average molecular weight is 412 g/mol. The largest absolute Gasteiger partial charge is 0.478 e. The van der Waals surface area contributed by atoms with E-state index in [1.54, 1.807) is 17.2 Å². The molecule has 160 valence electrons. The third kappa shape index (κ3) is 4.42. The smallest absolute Gasteiger partial charge is 0.410 e. The van der Waals surface area contributed by atoms with Crippen LogP contribution in [-0.4, -0.2) is 56.0 Å². The molecular weight excluding hydrogens is 382 g/mol. The molecule has 8 heteroatoms. The maximum Gasteiger partial charge on any atom is 0.410 e. The molecule has 0 unspecified atom stereocenters. The van der Waals surface area contributed by atoms with Gasteiger partial charge in [-0.3, -0.25) is 0 Å². The predicted molar refractivity (Wildman–Crippen MR) is 109 cm³/mol. The Labute approximate surface area is 176 Å². The summed E-state index contributed by atoms with van der Waals surface area (Å²) < 4.78 is 13.1. The molecule has 0 aromatic carbocycles. The molecule has 3 fully saturated rings. The highest BCUT2D eigenvalue weighted by Crippen LogP contribution is 2.50. The molecule has 0 radical (unpaired) electrons. The van der Waals surface area contributed by atoms with Crippen molar-refractivity contribution in [3.05, 3.63) is 31.0 Å². The zero-order valence-electron chi connectivity index (χ0n) is 17.4. The molecule has 2 aromatic heterocycles. The fourth-order valence-corrected chi connectivity index (χ4v) is 4.49. The van der Waals surface area contributed by atoms with E-state index < -0.39 is 0 Å². The highest BCUT2D eigenvalue weighted by molar-refractivity contribution is 5.68. The van der Waals surface area contributed by atoms with Crippen molar-refractivity contribution in [3.8, 4) is 11.6 Å². The summed E-state index contributed by atoms with van der Waals surface area (Å²) in [6.45, 7) is 4.39. The Kier molecular flexibility index (Phi) is 5.08. The van der Waals surface area contributed by atoms with Crippen molar-refractivity contribution in [2.24, 2.45) is 17.8 Å². The van der Waals surface area contributed by atoms with E-state index in [-0.39, 0.29) is 11.7 Å². The van der Waals surface area contributed by atoms with Crippen LogP contribution in [0.4, 0.5) is 4.79 Å². The number of nitrogens with zero attached hydrogens (tertiary/aromatic N) is 5. The summed E-state index contributed by atoms with van der Waals surface area (Å²) in [5.41, 5.74) is 0.685. The third-order valence-electron chi connectivity index (χ3n) is 6.81. The third-order valence-corrected chi connectivity index (χ3v) is 6.81. The summed E-state index contributed by atoms with van der Waals surface area (Å²) in [5.74, 6) is 2.91. The van der Waals surface area contributed by atoms with Crippen LogP contribution in [0.15, 0.2) is 31.0 Å². The van der Waals surface area contributed by atoms with Crippen LogP contribution in [0.1, 0.15) is 45.4 Å². The monoisotopic (exact) mass is 411 g/mol. The molecule has 2 aliphatic carbocycles. The second-order valence-corrected chi connectivity index (χ2v) is 9.13. The first-order valence-corrected chi connectivity index (χ1v) is 11.0. The summed E-state index contributed by atoms with van der Waals surface area (Å²) >= 11 is 0. The molecule has 30 heavy (non-hydrogen) atoms. The number of carbonyl (C=O) groups excluding carboxylic acids is 1. The summed E-state index contributed by atoms with van der Waals surface area (Å²) in [6, 6.07) is 3.80. The minimum absolute atomic E-state index is 0.114. The molecule has 0 bridgehead atoms. The van der Waals surface area contributed by atoms with Gasteiger partial charge in [-0.1, -0.05) is 0 Å². The SMILES string of the molecule is CC1(OC(=O)N2CCC([C@H]3C[C@H]3CCOc3ccc(-n4cncn4)cn3)CC2)CC1. The second-order valence-electron chi connectivity index (χ2n) is 9.13. The van der Waals surface area contributed by atoms with E-state index in [2.05, 4.69) is 15.1 Å². The van der Waals surface area contributed by atoms with Gasteiger partial charge in [-0.2, -0.15) is 5.10 Å². The zero-order valence-corrected chi connectivity index (χ0v) is 17.4. The molecule has 5 rings (SSSR count). The van der Waals surface area contributed by atoms with Crippen molar-refractivity contribution in [2.45, 2.75) is 51.0 Å². The standard InChI is InChI=1S/C22H29N5O3/c1-22(7-8-22)30-21(28)26-9-4-16(5-10-26)19-12-17(19)6-11-29-20-3-2-18(13-24-20)27-15-23-14-25-27/h2-3,13-17,19H,4-12H2,1H3/t17-,19-/m1/s1. The van der Waals surface area contributed by atoms with Gasteiger partial charge in [-0.25, -0.2) is 19.4 Å². The Morgan fingerprint density at radius 1 is 1.27 bits per heavy atom. The first kappa shape index (κ1) is 19.3. The molecule has 2 atom stereocenters. The normalized spacial score (nSPS) is 25.0. The van der Waals surface area contributed by atoms with Crippen LogP contribution in [0.5, 0.6) is 5.88 Å². The quantitative estimate of drug-likeness (QED) is 0.694. The summed E-state index contributed by atoms with van der Waals surface area (Å²) in [5, 5.41) is 4.09. The molecule has 2 saturated carbocycles. The first-order valence-electron chi connectivity index (χ1n) is 11.0. The van der Waals surface area contributed by atoms with E-state index >= 15 is 0 Å². The number of hydrogen-bond donors (Lipinski definition) is 0. The summed E-state index contributed by atoms with van der Waals surface area (Å²) in [6.07, 6.45) is 11.3. The van der Waals surface area contributed by atoms with Crippen molar-refractivity contribution < 1.29 is 14.3 Å². The van der Waals surface area contributed by atoms with E-state index in [1.807, 2.05) is 24.0 Å². The van der Waals surface area contributed by atoms with Crippen LogP contribution in [0.2, 0.25) is 0 Å². The lowest BCUT2D eigenvalue weighted by molar-refractivity contribution is 0.0473. The predicted octanol–water partition coefficient (Wildman–Crippen LogP) is 3.47. The summed E-state index contributed by atoms with van der Waals surface area (Å²) in [7, 11) is 0. The number of amides is 1. The van der Waals surface area contributed by atoms with Crippen LogP contribution in [-0.2, 0) is 4.74 Å². The lowest BCUT2D eigenvalue weighted by Crippen LogP contribution is -2.40. The van der Waals surface area contributed by atoms with Gasteiger partial charge in [-0.05, 0) is 69.3 Å². The Bertz CT molecular complexity index is 857. The number of ether oxygens (including phenoxy) is 2. The fourth-order valence-electron chi connectivity index (χ4n) is 4.49. The number of hydrogen-bond acceptors (Lipinski definition) is 6. The van der Waals surface area contributed by atoms with E-state index in [0.717, 1.165) is 68.6 Å². The molecule has 1 saturated heterocycles. The highest BCUT2D eigenvalue weighted by atomic mass is 16.6. The molecule has 0 N–H and O–H groups in total. The fraction of sp³-hybridized carbons (Fsp3) is 0.636. The van der Waals surface area contributed by atoms with Crippen LogP contribution in [0, 0.1) is 17.8 Å². The van der Waals surface area contributed by atoms with E-state index in [0.29, 0.717) is 12.5 Å². The van der Waals surface area contributed by atoms with Crippen molar-refractivity contribution in [1.29, 1.82) is 0 Å². The van der Waals surface area contributed by atoms with Crippen molar-refractivity contribution >= 4 is 6.09 Å². The molecule has 3 heterocycles. The van der Waals surface area contributed by atoms with Gasteiger partial charge < -0.3 is 14.4 Å². The molecule has 2 aromatic rings. The van der Waals surface area contributed by atoms with Gasteiger partial charge in [0.25, 0.3) is 0 Å². The maximum atomic E-state index is 12.2. The lowest BCUT2D eigenvalue weighted by atomic mass is 9.91. The number of carbonyl (C=O) groups is 1. The molecule has 3 aliphatic rings. The number of aromatic nitrogens is 4. The lowest BCUT2D eigenvalue weighted by Gasteiger charge is -2.32. The van der Waals surface area contributed by atoms with E-state index in [1.165, 1.54) is 12.7 Å². The minimum Gasteiger partial charge on any atom is -0.478 e. The second kappa shape index (κ2) is 7.89. The Hall–Kier alpha value is -2.64. The molecule has 1 aliphatic heterocycles. The Balaban J connectivity index is 1.00. The van der Waals surface area contributed by atoms with Gasteiger partial charge in [0.2, 0.25) is 5.88 Å².